The van der Waals surface area contributed by atoms with Gasteiger partial charge in [-0.2, -0.15) is 0 Å². The highest BCUT2D eigenvalue weighted by atomic mass is 16.6. The average Bonchev–Trinajstić information content (AvgIpc) is 2.90. The number of carbonyl (C=O) groups excluding carboxylic acids is 1. The van der Waals surface area contributed by atoms with Crippen molar-refractivity contribution >= 4 is 23.1 Å². The van der Waals surface area contributed by atoms with E-state index >= 15 is 0 Å². The van der Waals surface area contributed by atoms with Crippen molar-refractivity contribution < 1.29 is 14.2 Å². The van der Waals surface area contributed by atoms with Crippen molar-refractivity contribution in [2.45, 2.75) is 0 Å². The molecule has 0 saturated heterocycles. The smallest absolute Gasteiger partial charge is 0.270 e. The summed E-state index contributed by atoms with van der Waals surface area (Å²) in [7, 11) is 1.62. The first kappa shape index (κ1) is 12.6. The molecular weight excluding hydrogens is 252 g/mol. The lowest BCUT2D eigenvalue weighted by Crippen LogP contribution is -2.14. The summed E-state index contributed by atoms with van der Waals surface area (Å²) in [6, 6.07) is 5.45. The van der Waals surface area contributed by atoms with E-state index in [-0.39, 0.29) is 17.1 Å². The minimum atomic E-state index is -0.563. The first-order valence-corrected chi connectivity index (χ1v) is 5.29. The molecule has 98 valence electrons. The van der Waals surface area contributed by atoms with E-state index < -0.39 is 10.8 Å². The SMILES string of the molecule is CNc1ccc([N+](=O)[O-])cc1C(=O)Nc1ccon1. The molecule has 8 nitrogen and oxygen atoms in total. The van der Waals surface area contributed by atoms with Crippen LogP contribution < -0.4 is 10.6 Å². The second kappa shape index (κ2) is 5.17. The number of anilines is 2. The number of hydrogen-bond acceptors (Lipinski definition) is 6. The molecule has 1 aromatic heterocycles. The summed E-state index contributed by atoms with van der Waals surface area (Å²) in [5.41, 5.74) is 0.468. The van der Waals surface area contributed by atoms with Gasteiger partial charge in [0, 0.05) is 30.9 Å². The predicted octanol–water partition coefficient (Wildman–Crippen LogP) is 1.88. The van der Waals surface area contributed by atoms with Crippen LogP contribution in [0.2, 0.25) is 0 Å². The zero-order valence-corrected chi connectivity index (χ0v) is 9.91. The highest BCUT2D eigenvalue weighted by Crippen LogP contribution is 2.22. The Morgan fingerprint density at radius 3 is 2.79 bits per heavy atom. The van der Waals surface area contributed by atoms with Crippen LogP contribution in [0.5, 0.6) is 0 Å². The topological polar surface area (TPSA) is 110 Å². The van der Waals surface area contributed by atoms with E-state index in [0.29, 0.717) is 5.69 Å². The number of nitro groups is 1. The van der Waals surface area contributed by atoms with Crippen molar-refractivity contribution in [1.29, 1.82) is 0 Å². The number of rotatable bonds is 4. The van der Waals surface area contributed by atoms with Gasteiger partial charge < -0.3 is 15.2 Å². The zero-order valence-electron chi connectivity index (χ0n) is 9.91. The highest BCUT2D eigenvalue weighted by molar-refractivity contribution is 6.08. The number of hydrogen-bond donors (Lipinski definition) is 2. The van der Waals surface area contributed by atoms with Gasteiger partial charge in [-0.1, -0.05) is 5.16 Å². The molecule has 0 aliphatic rings. The number of nitrogens with zero attached hydrogens (tertiary/aromatic N) is 2. The molecule has 0 aliphatic heterocycles. The average molecular weight is 262 g/mol. The maximum absolute atomic E-state index is 12.0. The van der Waals surface area contributed by atoms with Crippen LogP contribution in [0.3, 0.4) is 0 Å². The van der Waals surface area contributed by atoms with Crippen LogP contribution in [0.15, 0.2) is 35.1 Å². The summed E-state index contributed by atoms with van der Waals surface area (Å²) < 4.78 is 4.58. The van der Waals surface area contributed by atoms with Crippen molar-refractivity contribution in [3.05, 3.63) is 46.2 Å². The Kier molecular flexibility index (Phi) is 3.42. The molecule has 0 bridgehead atoms. The van der Waals surface area contributed by atoms with Gasteiger partial charge in [-0.3, -0.25) is 14.9 Å². The van der Waals surface area contributed by atoms with Crippen molar-refractivity contribution in [2.24, 2.45) is 0 Å². The molecule has 8 heteroatoms. The van der Waals surface area contributed by atoms with Gasteiger partial charge in [0.2, 0.25) is 0 Å². The molecule has 2 N–H and O–H groups in total. The fraction of sp³-hybridized carbons (Fsp3) is 0.0909. The molecular formula is C11H10N4O4. The minimum Gasteiger partial charge on any atom is -0.387 e. The summed E-state index contributed by atoms with van der Waals surface area (Å²) >= 11 is 0. The third-order valence-corrected chi connectivity index (χ3v) is 2.41. The van der Waals surface area contributed by atoms with E-state index in [1.165, 1.54) is 30.5 Å². The van der Waals surface area contributed by atoms with Crippen LogP contribution in [0.1, 0.15) is 10.4 Å². The second-order valence-corrected chi connectivity index (χ2v) is 3.58. The second-order valence-electron chi connectivity index (χ2n) is 3.58. The van der Waals surface area contributed by atoms with E-state index in [2.05, 4.69) is 20.3 Å². The van der Waals surface area contributed by atoms with Crippen molar-refractivity contribution in [1.82, 2.24) is 5.16 Å². The van der Waals surface area contributed by atoms with Crippen LogP contribution in [0.25, 0.3) is 0 Å². The van der Waals surface area contributed by atoms with Gasteiger partial charge in [0.15, 0.2) is 5.82 Å². The standard InChI is InChI=1S/C11H10N4O4/c1-12-9-3-2-7(15(17)18)6-8(9)11(16)13-10-4-5-19-14-10/h2-6,12H,1H3,(H,13,14,16). The van der Waals surface area contributed by atoms with E-state index in [4.69, 9.17) is 0 Å². The van der Waals surface area contributed by atoms with Crippen LogP contribution in [0, 0.1) is 10.1 Å². The van der Waals surface area contributed by atoms with Gasteiger partial charge >= 0.3 is 0 Å². The monoisotopic (exact) mass is 262 g/mol. The maximum Gasteiger partial charge on any atom is 0.270 e. The lowest BCUT2D eigenvalue weighted by molar-refractivity contribution is -0.384. The molecule has 0 atom stereocenters. The van der Waals surface area contributed by atoms with E-state index in [1.54, 1.807) is 7.05 Å². The Morgan fingerprint density at radius 1 is 1.42 bits per heavy atom. The van der Waals surface area contributed by atoms with Crippen molar-refractivity contribution in [3.63, 3.8) is 0 Å². The molecule has 0 unspecified atom stereocenters. The fourth-order valence-corrected chi connectivity index (χ4v) is 1.51. The molecule has 0 fully saturated rings. The van der Waals surface area contributed by atoms with Crippen LogP contribution in [-0.4, -0.2) is 23.0 Å². The number of carbonyl (C=O) groups is 1. The zero-order chi connectivity index (χ0) is 13.8. The maximum atomic E-state index is 12.0. The van der Waals surface area contributed by atoms with Gasteiger partial charge in [0.25, 0.3) is 11.6 Å². The van der Waals surface area contributed by atoms with Crippen molar-refractivity contribution in [2.75, 3.05) is 17.7 Å². The number of nitro benzene ring substituents is 1. The van der Waals surface area contributed by atoms with Crippen LogP contribution in [0.4, 0.5) is 17.2 Å². The Morgan fingerprint density at radius 2 is 2.21 bits per heavy atom. The lowest BCUT2D eigenvalue weighted by Gasteiger charge is -2.08. The number of aromatic nitrogens is 1. The molecule has 19 heavy (non-hydrogen) atoms. The normalized spacial score (nSPS) is 9.95. The highest BCUT2D eigenvalue weighted by Gasteiger charge is 2.17. The van der Waals surface area contributed by atoms with E-state index in [1.807, 2.05) is 0 Å². The number of non-ortho nitro benzene ring substituents is 1. The molecule has 2 rings (SSSR count). The van der Waals surface area contributed by atoms with Gasteiger partial charge in [0.1, 0.15) is 6.26 Å². The third kappa shape index (κ3) is 2.68. The van der Waals surface area contributed by atoms with Gasteiger partial charge in [-0.15, -0.1) is 0 Å². The Balaban J connectivity index is 2.33. The van der Waals surface area contributed by atoms with Crippen LogP contribution in [-0.2, 0) is 0 Å². The van der Waals surface area contributed by atoms with Crippen LogP contribution >= 0.6 is 0 Å². The molecule has 0 aliphatic carbocycles. The Hall–Kier alpha value is -2.90. The fourth-order valence-electron chi connectivity index (χ4n) is 1.51. The largest absolute Gasteiger partial charge is 0.387 e. The lowest BCUT2D eigenvalue weighted by atomic mass is 10.1. The quantitative estimate of drug-likeness (QED) is 0.642. The summed E-state index contributed by atoms with van der Waals surface area (Å²) in [4.78, 5) is 22.2. The molecule has 0 spiro atoms. The molecule has 1 heterocycles. The molecule has 1 aromatic carbocycles. The summed E-state index contributed by atoms with van der Waals surface area (Å²) in [5.74, 6) is -0.277. The molecule has 1 amide bonds. The van der Waals surface area contributed by atoms with Crippen molar-refractivity contribution in [3.8, 4) is 0 Å². The minimum absolute atomic E-state index is 0.153. The summed E-state index contributed by atoms with van der Waals surface area (Å²) in [5, 5.41) is 19.5. The first-order chi connectivity index (χ1) is 9.11. The molecule has 0 radical (unpaired) electrons. The number of amides is 1. The first-order valence-electron chi connectivity index (χ1n) is 5.29. The Bertz CT molecular complexity index is 609. The molecule has 2 aromatic rings. The number of nitrogens with one attached hydrogen (secondary N) is 2. The molecule has 0 saturated carbocycles. The third-order valence-electron chi connectivity index (χ3n) is 2.41. The Labute approximate surface area is 107 Å². The summed E-state index contributed by atoms with van der Waals surface area (Å²) in [6.07, 6.45) is 1.31. The van der Waals surface area contributed by atoms with E-state index in [9.17, 15) is 14.9 Å². The van der Waals surface area contributed by atoms with Gasteiger partial charge in [-0.05, 0) is 6.07 Å². The van der Waals surface area contributed by atoms with Gasteiger partial charge in [-0.25, -0.2) is 0 Å². The number of benzene rings is 1. The van der Waals surface area contributed by atoms with E-state index in [0.717, 1.165) is 0 Å². The van der Waals surface area contributed by atoms with Gasteiger partial charge in [0.05, 0.1) is 10.5 Å². The predicted molar refractivity (Wildman–Crippen MR) is 67.1 cm³/mol. The summed E-state index contributed by atoms with van der Waals surface area (Å²) in [6.45, 7) is 0.